The van der Waals surface area contributed by atoms with Crippen LogP contribution < -0.4 is 11.1 Å². The van der Waals surface area contributed by atoms with Crippen molar-refractivity contribution >= 4 is 6.09 Å². The van der Waals surface area contributed by atoms with Gasteiger partial charge in [-0.15, -0.1) is 0 Å². The Bertz CT molecular complexity index is 503. The molecule has 0 spiro atoms. The van der Waals surface area contributed by atoms with Gasteiger partial charge in [-0.25, -0.2) is 14.8 Å². The number of nitrogens with zero attached hydrogens (tertiary/aromatic N) is 4. The molecule has 116 valence electrons. The van der Waals surface area contributed by atoms with Crippen LogP contribution in [-0.2, 0) is 17.8 Å². The van der Waals surface area contributed by atoms with E-state index in [0.717, 1.165) is 5.82 Å². The third-order valence-electron chi connectivity index (χ3n) is 1.92. The zero-order chi connectivity index (χ0) is 15.7. The Morgan fingerprint density at radius 1 is 1.24 bits per heavy atom. The van der Waals surface area contributed by atoms with Crippen molar-refractivity contribution in [3.8, 4) is 0 Å². The first-order valence-electron chi connectivity index (χ1n) is 6.26. The lowest BCUT2D eigenvalue weighted by Gasteiger charge is -2.19. The summed E-state index contributed by atoms with van der Waals surface area (Å²) in [6.45, 7) is 6.14. The average Bonchev–Trinajstić information content (AvgIpc) is 3.08. The minimum atomic E-state index is -0.481. The summed E-state index contributed by atoms with van der Waals surface area (Å²) in [6.07, 6.45) is 2.35. The maximum Gasteiger partial charge on any atom is 0.408 e. The molecule has 2 aromatic rings. The van der Waals surface area contributed by atoms with Crippen molar-refractivity contribution < 1.29 is 9.53 Å². The topological polar surface area (TPSA) is 147 Å². The molecule has 0 aliphatic rings. The molecule has 2 aromatic heterocycles. The summed E-state index contributed by atoms with van der Waals surface area (Å²) in [7, 11) is 0. The van der Waals surface area contributed by atoms with E-state index in [4.69, 9.17) is 10.5 Å². The molecule has 0 aliphatic carbocycles. The van der Waals surface area contributed by atoms with Crippen molar-refractivity contribution in [3.05, 3.63) is 24.3 Å². The maximum atomic E-state index is 11.2. The maximum absolute atomic E-state index is 11.2. The molecule has 0 radical (unpaired) electrons. The second kappa shape index (κ2) is 7.94. The van der Waals surface area contributed by atoms with Crippen molar-refractivity contribution in [3.63, 3.8) is 0 Å². The molecule has 0 aromatic carbocycles. The van der Waals surface area contributed by atoms with Gasteiger partial charge in [-0.1, -0.05) is 0 Å². The van der Waals surface area contributed by atoms with Gasteiger partial charge in [0.15, 0.2) is 0 Å². The van der Waals surface area contributed by atoms with Crippen molar-refractivity contribution in [2.24, 2.45) is 5.73 Å². The van der Waals surface area contributed by atoms with Crippen LogP contribution >= 0.6 is 0 Å². The quantitative estimate of drug-likeness (QED) is 0.627. The summed E-state index contributed by atoms with van der Waals surface area (Å²) in [6, 6.07) is 0. The Labute approximate surface area is 121 Å². The van der Waals surface area contributed by atoms with Crippen molar-refractivity contribution in [2.45, 2.75) is 39.5 Å². The van der Waals surface area contributed by atoms with Crippen LogP contribution in [0.1, 0.15) is 32.4 Å². The van der Waals surface area contributed by atoms with Crippen molar-refractivity contribution in [1.29, 1.82) is 0 Å². The van der Waals surface area contributed by atoms with Crippen LogP contribution in [0.4, 0.5) is 4.79 Å². The highest BCUT2D eigenvalue weighted by molar-refractivity contribution is 5.67. The SMILES string of the molecule is CC(C)(C)OC(=O)NCc1ncn[nH]1.NCc1ncn[nH]1. The Balaban J connectivity index is 0.000000262. The van der Waals surface area contributed by atoms with E-state index in [1.165, 1.54) is 12.7 Å². The molecule has 0 aliphatic heterocycles. The number of nitrogens with one attached hydrogen (secondary N) is 3. The molecule has 0 saturated heterocycles. The fraction of sp³-hybridized carbons (Fsp3) is 0.545. The molecular weight excluding hydrogens is 276 g/mol. The lowest BCUT2D eigenvalue weighted by molar-refractivity contribution is 0.0522. The Kier molecular flexibility index (Phi) is 6.27. The Morgan fingerprint density at radius 3 is 2.19 bits per heavy atom. The minimum absolute atomic E-state index is 0.287. The minimum Gasteiger partial charge on any atom is -0.444 e. The van der Waals surface area contributed by atoms with Gasteiger partial charge in [-0.05, 0) is 20.8 Å². The van der Waals surface area contributed by atoms with E-state index < -0.39 is 11.7 Å². The molecule has 0 bridgehead atoms. The van der Waals surface area contributed by atoms with Crippen LogP contribution in [0.5, 0.6) is 0 Å². The van der Waals surface area contributed by atoms with E-state index in [0.29, 0.717) is 12.4 Å². The van der Waals surface area contributed by atoms with Crippen LogP contribution in [0, 0.1) is 0 Å². The van der Waals surface area contributed by atoms with E-state index in [1.807, 2.05) is 0 Å². The molecular formula is C11H20N8O2. The Morgan fingerprint density at radius 2 is 1.81 bits per heavy atom. The van der Waals surface area contributed by atoms with Crippen LogP contribution in [0.3, 0.4) is 0 Å². The number of rotatable bonds is 3. The van der Waals surface area contributed by atoms with Gasteiger partial charge in [0.05, 0.1) is 13.1 Å². The summed E-state index contributed by atoms with van der Waals surface area (Å²) >= 11 is 0. The summed E-state index contributed by atoms with van der Waals surface area (Å²) in [5.41, 5.74) is 4.68. The highest BCUT2D eigenvalue weighted by Gasteiger charge is 2.15. The largest absolute Gasteiger partial charge is 0.444 e. The number of nitrogens with two attached hydrogens (primary N) is 1. The summed E-state index contributed by atoms with van der Waals surface area (Å²) in [5.74, 6) is 1.32. The van der Waals surface area contributed by atoms with E-state index in [1.54, 1.807) is 20.8 Å². The molecule has 0 saturated carbocycles. The van der Waals surface area contributed by atoms with Gasteiger partial charge in [0.2, 0.25) is 0 Å². The second-order valence-electron chi connectivity index (χ2n) is 4.92. The van der Waals surface area contributed by atoms with Gasteiger partial charge < -0.3 is 15.8 Å². The number of aromatic amines is 2. The van der Waals surface area contributed by atoms with E-state index >= 15 is 0 Å². The molecule has 0 fully saturated rings. The monoisotopic (exact) mass is 296 g/mol. The van der Waals surface area contributed by atoms with Gasteiger partial charge in [0.25, 0.3) is 0 Å². The van der Waals surface area contributed by atoms with Crippen molar-refractivity contribution in [1.82, 2.24) is 35.7 Å². The van der Waals surface area contributed by atoms with Crippen LogP contribution in [0.25, 0.3) is 0 Å². The fourth-order valence-corrected chi connectivity index (χ4v) is 1.12. The van der Waals surface area contributed by atoms with Gasteiger partial charge in [0.1, 0.15) is 29.9 Å². The lowest BCUT2D eigenvalue weighted by Crippen LogP contribution is -2.32. The summed E-state index contributed by atoms with van der Waals surface area (Å²) in [4.78, 5) is 18.7. The third kappa shape index (κ3) is 7.62. The van der Waals surface area contributed by atoms with Gasteiger partial charge in [0, 0.05) is 0 Å². The predicted octanol–water partition coefficient (Wildman–Crippen LogP) is 0.0928. The fourth-order valence-electron chi connectivity index (χ4n) is 1.12. The van der Waals surface area contributed by atoms with Crippen LogP contribution in [0.15, 0.2) is 12.7 Å². The van der Waals surface area contributed by atoms with Gasteiger partial charge in [-0.2, -0.15) is 10.2 Å². The predicted molar refractivity (Wildman–Crippen MR) is 73.7 cm³/mol. The van der Waals surface area contributed by atoms with E-state index in [9.17, 15) is 4.79 Å². The summed E-state index contributed by atoms with van der Waals surface area (Å²) < 4.78 is 5.02. The van der Waals surface area contributed by atoms with Gasteiger partial charge >= 0.3 is 6.09 Å². The number of hydrogen-bond donors (Lipinski definition) is 4. The molecule has 1 amide bonds. The number of amides is 1. The molecule has 5 N–H and O–H groups in total. The highest BCUT2D eigenvalue weighted by Crippen LogP contribution is 2.06. The summed E-state index contributed by atoms with van der Waals surface area (Å²) in [5, 5.41) is 15.0. The van der Waals surface area contributed by atoms with Crippen molar-refractivity contribution in [2.75, 3.05) is 0 Å². The van der Waals surface area contributed by atoms with Crippen LogP contribution in [0.2, 0.25) is 0 Å². The zero-order valence-corrected chi connectivity index (χ0v) is 12.3. The number of aromatic nitrogens is 6. The molecule has 2 rings (SSSR count). The standard InChI is InChI=1S/C8H14N4O2.C3H6N4/c1-8(2,3)14-7(13)9-4-6-10-5-11-12-6;4-1-3-5-2-6-7-3/h5H,4H2,1-3H3,(H,9,13)(H,10,11,12);2H,1,4H2,(H,5,6,7). The molecule has 0 unspecified atom stereocenters. The third-order valence-corrected chi connectivity index (χ3v) is 1.92. The smallest absolute Gasteiger partial charge is 0.408 e. The number of carbonyl (C=O) groups is 1. The lowest BCUT2D eigenvalue weighted by atomic mass is 10.2. The number of H-pyrrole nitrogens is 2. The van der Waals surface area contributed by atoms with Gasteiger partial charge in [-0.3, -0.25) is 10.2 Å². The molecule has 2 heterocycles. The number of carbonyl (C=O) groups excluding carboxylic acids is 1. The molecule has 10 heteroatoms. The molecule has 0 atom stereocenters. The van der Waals surface area contributed by atoms with E-state index in [-0.39, 0.29) is 6.54 Å². The first-order valence-corrected chi connectivity index (χ1v) is 6.26. The Hall–Kier alpha value is -2.49. The molecule has 10 nitrogen and oxygen atoms in total. The first kappa shape index (κ1) is 16.6. The average molecular weight is 296 g/mol. The first-order chi connectivity index (χ1) is 9.90. The number of hydrogen-bond acceptors (Lipinski definition) is 7. The second-order valence-corrected chi connectivity index (χ2v) is 4.92. The molecule has 21 heavy (non-hydrogen) atoms. The number of alkyl carbamates (subject to hydrolysis) is 1. The van der Waals surface area contributed by atoms with E-state index in [2.05, 4.69) is 35.7 Å². The normalized spacial score (nSPS) is 10.5. The zero-order valence-electron chi connectivity index (χ0n) is 12.3. The highest BCUT2D eigenvalue weighted by atomic mass is 16.6. The number of ether oxygens (including phenoxy) is 1. The van der Waals surface area contributed by atoms with Crippen LogP contribution in [-0.4, -0.2) is 42.1 Å².